The predicted molar refractivity (Wildman–Crippen MR) is 103 cm³/mol. The number of amides is 1. The molecule has 1 atom stereocenters. The number of ether oxygens (including phenoxy) is 1. The van der Waals surface area contributed by atoms with Gasteiger partial charge in [0.1, 0.15) is 11.4 Å². The summed E-state index contributed by atoms with van der Waals surface area (Å²) < 4.78 is 31.8. The van der Waals surface area contributed by atoms with E-state index in [1.807, 2.05) is 38.1 Å². The lowest BCUT2D eigenvalue weighted by atomic mass is 9.89. The van der Waals surface area contributed by atoms with Gasteiger partial charge in [0, 0.05) is 31.6 Å². The number of carbonyl (C=O) groups is 1. The van der Waals surface area contributed by atoms with Crippen LogP contribution in [0.25, 0.3) is 0 Å². The highest BCUT2D eigenvalue weighted by atomic mass is 32.2. The van der Waals surface area contributed by atoms with E-state index < -0.39 is 15.6 Å². The highest BCUT2D eigenvalue weighted by Crippen LogP contribution is 2.39. The Morgan fingerprint density at radius 3 is 2.56 bits per heavy atom. The van der Waals surface area contributed by atoms with Crippen molar-refractivity contribution in [1.29, 1.82) is 0 Å². The molecule has 144 valence electrons. The third kappa shape index (κ3) is 3.99. The molecular formula is C20H24N2O4S. The van der Waals surface area contributed by atoms with E-state index in [1.165, 1.54) is 26.2 Å². The van der Waals surface area contributed by atoms with Crippen LogP contribution in [0.1, 0.15) is 42.2 Å². The summed E-state index contributed by atoms with van der Waals surface area (Å²) in [6.07, 6.45) is 0.617. The van der Waals surface area contributed by atoms with E-state index in [4.69, 9.17) is 4.74 Å². The number of hydrogen-bond acceptors (Lipinski definition) is 4. The lowest BCUT2D eigenvalue weighted by Crippen LogP contribution is -2.41. The van der Waals surface area contributed by atoms with Crippen molar-refractivity contribution in [3.63, 3.8) is 0 Å². The van der Waals surface area contributed by atoms with Crippen LogP contribution in [-0.4, -0.2) is 38.3 Å². The first kappa shape index (κ1) is 19.4. The average molecular weight is 388 g/mol. The van der Waals surface area contributed by atoms with Gasteiger partial charge in [-0.2, -0.15) is 0 Å². The van der Waals surface area contributed by atoms with Gasteiger partial charge in [0.2, 0.25) is 10.0 Å². The Bertz CT molecular complexity index is 967. The number of hydrogen-bond donors (Lipinski definition) is 1. The lowest BCUT2D eigenvalue weighted by Gasteiger charge is -2.37. The van der Waals surface area contributed by atoms with Crippen molar-refractivity contribution >= 4 is 15.9 Å². The second kappa shape index (κ2) is 6.98. The maximum absolute atomic E-state index is 12.8. The molecule has 3 rings (SSSR count). The molecular weight excluding hydrogens is 364 g/mol. The molecule has 7 heteroatoms. The van der Waals surface area contributed by atoms with Gasteiger partial charge in [-0.15, -0.1) is 0 Å². The highest BCUT2D eigenvalue weighted by molar-refractivity contribution is 7.89. The van der Waals surface area contributed by atoms with Crippen LogP contribution in [0.3, 0.4) is 0 Å². The molecule has 0 spiro atoms. The minimum Gasteiger partial charge on any atom is -0.487 e. The summed E-state index contributed by atoms with van der Waals surface area (Å²) in [6.45, 7) is 3.96. The zero-order chi connectivity index (χ0) is 19.8. The monoisotopic (exact) mass is 388 g/mol. The molecule has 1 heterocycles. The van der Waals surface area contributed by atoms with E-state index in [1.54, 1.807) is 12.1 Å². The first-order chi connectivity index (χ1) is 12.6. The summed E-state index contributed by atoms with van der Waals surface area (Å²) in [7, 11) is -0.677. The smallest absolute Gasteiger partial charge is 0.251 e. The normalized spacial score (nSPS) is 18.5. The van der Waals surface area contributed by atoms with Crippen molar-refractivity contribution in [3.05, 3.63) is 59.7 Å². The first-order valence-electron chi connectivity index (χ1n) is 8.71. The van der Waals surface area contributed by atoms with Crippen molar-refractivity contribution in [2.45, 2.75) is 36.8 Å². The van der Waals surface area contributed by atoms with Gasteiger partial charge in [-0.05, 0) is 38.1 Å². The van der Waals surface area contributed by atoms with E-state index >= 15 is 0 Å². The van der Waals surface area contributed by atoms with Gasteiger partial charge in [-0.3, -0.25) is 4.79 Å². The zero-order valence-corrected chi connectivity index (χ0v) is 16.7. The fourth-order valence-corrected chi connectivity index (χ4v) is 4.13. The predicted octanol–water partition coefficient (Wildman–Crippen LogP) is 2.97. The Labute approximate surface area is 160 Å². The Morgan fingerprint density at radius 2 is 1.85 bits per heavy atom. The van der Waals surface area contributed by atoms with Gasteiger partial charge in [-0.25, -0.2) is 12.7 Å². The molecule has 0 fully saturated rings. The van der Waals surface area contributed by atoms with Crippen LogP contribution in [0.15, 0.2) is 53.4 Å². The lowest BCUT2D eigenvalue weighted by molar-refractivity contribution is 0.0619. The van der Waals surface area contributed by atoms with Crippen molar-refractivity contribution < 1.29 is 17.9 Å². The Hall–Kier alpha value is -2.38. The minimum atomic E-state index is -3.60. The van der Waals surface area contributed by atoms with Crippen molar-refractivity contribution in [2.75, 3.05) is 14.1 Å². The number of nitrogens with one attached hydrogen (secondary N) is 1. The molecule has 2 aromatic carbocycles. The summed E-state index contributed by atoms with van der Waals surface area (Å²) in [5.74, 6) is 0.436. The number of carbonyl (C=O) groups excluding carboxylic acids is 1. The molecule has 0 radical (unpaired) electrons. The number of nitrogens with zero attached hydrogens (tertiary/aromatic N) is 1. The zero-order valence-electron chi connectivity index (χ0n) is 15.9. The molecule has 1 N–H and O–H groups in total. The number of rotatable bonds is 4. The molecule has 1 amide bonds. The number of benzene rings is 2. The van der Waals surface area contributed by atoms with E-state index in [2.05, 4.69) is 5.32 Å². The van der Waals surface area contributed by atoms with Crippen molar-refractivity contribution in [1.82, 2.24) is 9.62 Å². The van der Waals surface area contributed by atoms with Crippen LogP contribution in [0.4, 0.5) is 0 Å². The van der Waals surface area contributed by atoms with Crippen LogP contribution < -0.4 is 10.1 Å². The number of para-hydroxylation sites is 1. The van der Waals surface area contributed by atoms with Crippen LogP contribution in [-0.2, 0) is 10.0 Å². The second-order valence-electron chi connectivity index (χ2n) is 7.45. The molecule has 27 heavy (non-hydrogen) atoms. The second-order valence-corrected chi connectivity index (χ2v) is 9.60. The third-order valence-corrected chi connectivity index (χ3v) is 6.37. The molecule has 0 aromatic heterocycles. The third-order valence-electron chi connectivity index (χ3n) is 4.56. The van der Waals surface area contributed by atoms with Gasteiger partial charge in [-0.1, -0.05) is 24.3 Å². The SMILES string of the molecule is CN(C)S(=O)(=O)c1cccc(C(=O)NC2CC(C)(C)Oc3ccccc32)c1. The van der Waals surface area contributed by atoms with E-state index in [9.17, 15) is 13.2 Å². The van der Waals surface area contributed by atoms with Crippen molar-refractivity contribution in [3.8, 4) is 5.75 Å². The molecule has 2 aromatic rings. The fourth-order valence-electron chi connectivity index (χ4n) is 3.18. The Morgan fingerprint density at radius 1 is 1.15 bits per heavy atom. The summed E-state index contributed by atoms with van der Waals surface area (Å²) in [4.78, 5) is 12.9. The van der Waals surface area contributed by atoms with E-state index in [-0.39, 0.29) is 16.8 Å². The van der Waals surface area contributed by atoms with E-state index in [0.717, 1.165) is 15.6 Å². The number of sulfonamides is 1. The highest BCUT2D eigenvalue weighted by Gasteiger charge is 2.34. The molecule has 0 bridgehead atoms. The maximum atomic E-state index is 12.8. The molecule has 6 nitrogen and oxygen atoms in total. The van der Waals surface area contributed by atoms with Crippen molar-refractivity contribution in [2.24, 2.45) is 0 Å². The summed E-state index contributed by atoms with van der Waals surface area (Å²) >= 11 is 0. The van der Waals surface area contributed by atoms with Gasteiger partial charge in [0.15, 0.2) is 0 Å². The van der Waals surface area contributed by atoms with Gasteiger partial charge in [0.05, 0.1) is 10.9 Å². The Balaban J connectivity index is 1.88. The Kier molecular flexibility index (Phi) is 5.01. The molecule has 1 aliphatic rings. The fraction of sp³-hybridized carbons (Fsp3) is 0.350. The molecule has 0 saturated carbocycles. The van der Waals surface area contributed by atoms with Gasteiger partial charge >= 0.3 is 0 Å². The summed E-state index contributed by atoms with van der Waals surface area (Å²) in [5.41, 5.74) is 0.810. The van der Waals surface area contributed by atoms with Crippen LogP contribution >= 0.6 is 0 Å². The quantitative estimate of drug-likeness (QED) is 0.874. The molecule has 0 aliphatic carbocycles. The summed E-state index contributed by atoms with van der Waals surface area (Å²) in [6, 6.07) is 13.5. The topological polar surface area (TPSA) is 75.7 Å². The summed E-state index contributed by atoms with van der Waals surface area (Å²) in [5, 5.41) is 3.03. The minimum absolute atomic E-state index is 0.0906. The largest absolute Gasteiger partial charge is 0.487 e. The standard InChI is InChI=1S/C20H24N2O4S/c1-20(2)13-17(16-10-5-6-11-18(16)26-20)21-19(23)14-8-7-9-15(12-14)27(24,25)22(3)4/h5-12,17H,13H2,1-4H3,(H,21,23). The maximum Gasteiger partial charge on any atom is 0.251 e. The van der Waals surface area contributed by atoms with E-state index in [0.29, 0.717) is 12.0 Å². The average Bonchev–Trinajstić information content (AvgIpc) is 2.60. The molecule has 0 saturated heterocycles. The first-order valence-corrected chi connectivity index (χ1v) is 10.2. The van der Waals surface area contributed by atoms with Crippen LogP contribution in [0.5, 0.6) is 5.75 Å². The molecule has 1 unspecified atom stereocenters. The van der Waals surface area contributed by atoms with Gasteiger partial charge in [0.25, 0.3) is 5.91 Å². The number of fused-ring (bicyclic) bond motifs is 1. The van der Waals surface area contributed by atoms with Crippen LogP contribution in [0.2, 0.25) is 0 Å². The van der Waals surface area contributed by atoms with Gasteiger partial charge < -0.3 is 10.1 Å². The molecule has 1 aliphatic heterocycles. The van der Waals surface area contributed by atoms with Crippen LogP contribution in [0, 0.1) is 0 Å².